The first-order valence-corrected chi connectivity index (χ1v) is 11.1. The number of aromatic nitrogens is 1. The molecule has 0 bridgehead atoms. The van der Waals surface area contributed by atoms with E-state index in [0.717, 1.165) is 17.0 Å². The molecule has 5 rings (SSSR count). The van der Waals surface area contributed by atoms with Gasteiger partial charge in [-0.3, -0.25) is 4.99 Å². The molecule has 1 atom stereocenters. The van der Waals surface area contributed by atoms with Crippen molar-refractivity contribution in [2.24, 2.45) is 9.98 Å². The van der Waals surface area contributed by atoms with Crippen molar-refractivity contribution in [3.05, 3.63) is 120 Å². The van der Waals surface area contributed by atoms with Crippen molar-refractivity contribution in [1.82, 2.24) is 9.88 Å². The van der Waals surface area contributed by atoms with Crippen LogP contribution in [0.2, 0.25) is 0 Å². The Morgan fingerprint density at radius 2 is 1.48 bits per heavy atom. The molecule has 0 saturated heterocycles. The Morgan fingerprint density at radius 3 is 2.24 bits per heavy atom. The molecule has 1 heterocycles. The lowest BCUT2D eigenvalue weighted by atomic mass is 10.1. The summed E-state index contributed by atoms with van der Waals surface area (Å²) < 4.78 is 2.28. The van der Waals surface area contributed by atoms with Crippen LogP contribution in [-0.2, 0) is 6.67 Å². The standard InChI is InChI=1S/C29H26N4/c1-21-17-18-25-24-15-9-10-16-26(24)33(27(25)19-21)20-31-29(23-13-7-4-8-14-23)32-28(30-2)22-11-5-3-6-12-22/h3-19,28H,2,20H2,1H3,(H,31,32). The van der Waals surface area contributed by atoms with E-state index < -0.39 is 0 Å². The summed E-state index contributed by atoms with van der Waals surface area (Å²) in [6, 6.07) is 35.4. The predicted octanol–water partition coefficient (Wildman–Crippen LogP) is 6.50. The van der Waals surface area contributed by atoms with Gasteiger partial charge >= 0.3 is 0 Å². The second kappa shape index (κ2) is 9.13. The van der Waals surface area contributed by atoms with E-state index in [1.165, 1.54) is 27.4 Å². The molecule has 4 heteroatoms. The summed E-state index contributed by atoms with van der Waals surface area (Å²) in [7, 11) is 0. The number of hydrogen-bond acceptors (Lipinski definition) is 2. The van der Waals surface area contributed by atoms with Gasteiger partial charge in [0.1, 0.15) is 18.7 Å². The van der Waals surface area contributed by atoms with Gasteiger partial charge in [-0.05, 0) is 36.9 Å². The van der Waals surface area contributed by atoms with E-state index in [1.54, 1.807) is 0 Å². The lowest BCUT2D eigenvalue weighted by molar-refractivity contribution is 0.679. The van der Waals surface area contributed by atoms with Crippen LogP contribution in [0.5, 0.6) is 0 Å². The van der Waals surface area contributed by atoms with Crippen molar-refractivity contribution in [3.8, 4) is 0 Å². The molecule has 0 saturated carbocycles. The molecule has 0 aliphatic carbocycles. The number of nitrogens with one attached hydrogen (secondary N) is 1. The number of benzene rings is 4. The molecule has 0 radical (unpaired) electrons. The van der Waals surface area contributed by atoms with Gasteiger partial charge < -0.3 is 9.88 Å². The molecular formula is C29H26N4. The molecule has 162 valence electrons. The van der Waals surface area contributed by atoms with Crippen molar-refractivity contribution in [2.75, 3.05) is 0 Å². The van der Waals surface area contributed by atoms with Crippen molar-refractivity contribution in [3.63, 3.8) is 0 Å². The van der Waals surface area contributed by atoms with Crippen LogP contribution in [0.25, 0.3) is 21.8 Å². The van der Waals surface area contributed by atoms with Crippen molar-refractivity contribution >= 4 is 34.4 Å². The molecule has 1 aromatic heterocycles. The molecule has 0 aliphatic heterocycles. The predicted molar refractivity (Wildman–Crippen MR) is 139 cm³/mol. The van der Waals surface area contributed by atoms with E-state index >= 15 is 0 Å². The maximum atomic E-state index is 5.06. The van der Waals surface area contributed by atoms with Crippen molar-refractivity contribution < 1.29 is 0 Å². The van der Waals surface area contributed by atoms with Gasteiger partial charge in [0.15, 0.2) is 0 Å². The van der Waals surface area contributed by atoms with Crippen molar-refractivity contribution in [1.29, 1.82) is 0 Å². The summed E-state index contributed by atoms with van der Waals surface area (Å²) in [6.07, 6.45) is -0.287. The summed E-state index contributed by atoms with van der Waals surface area (Å²) in [5.41, 5.74) is 5.66. The third-order valence-electron chi connectivity index (χ3n) is 5.92. The summed E-state index contributed by atoms with van der Waals surface area (Å²) in [4.78, 5) is 9.39. The minimum Gasteiger partial charge on any atom is -0.345 e. The van der Waals surface area contributed by atoms with Crippen LogP contribution in [-0.4, -0.2) is 17.1 Å². The van der Waals surface area contributed by atoms with Gasteiger partial charge in [0.05, 0.1) is 11.0 Å². The van der Waals surface area contributed by atoms with E-state index in [4.69, 9.17) is 4.99 Å². The normalized spacial score (nSPS) is 12.7. The van der Waals surface area contributed by atoms with Crippen LogP contribution in [0.15, 0.2) is 113 Å². The van der Waals surface area contributed by atoms with Crippen LogP contribution >= 0.6 is 0 Å². The Bertz CT molecular complexity index is 1430. The highest BCUT2D eigenvalue weighted by Gasteiger charge is 2.14. The highest BCUT2D eigenvalue weighted by Crippen LogP contribution is 2.29. The largest absolute Gasteiger partial charge is 0.345 e. The lowest BCUT2D eigenvalue weighted by Crippen LogP contribution is -2.28. The number of fused-ring (bicyclic) bond motifs is 3. The zero-order chi connectivity index (χ0) is 22.6. The number of amidine groups is 1. The fourth-order valence-corrected chi connectivity index (χ4v) is 4.27. The summed E-state index contributed by atoms with van der Waals surface area (Å²) in [6.45, 7) is 6.43. The summed E-state index contributed by atoms with van der Waals surface area (Å²) >= 11 is 0. The Hall–Kier alpha value is -4.18. The van der Waals surface area contributed by atoms with Crippen LogP contribution < -0.4 is 5.32 Å². The fraction of sp³-hybridized carbons (Fsp3) is 0.103. The quantitative estimate of drug-likeness (QED) is 0.243. The summed E-state index contributed by atoms with van der Waals surface area (Å²) in [5, 5.41) is 6.00. The monoisotopic (exact) mass is 430 g/mol. The maximum Gasteiger partial charge on any atom is 0.145 e. The van der Waals surface area contributed by atoms with E-state index in [-0.39, 0.29) is 6.17 Å². The first-order valence-electron chi connectivity index (χ1n) is 11.1. The Kier molecular flexibility index (Phi) is 5.73. The molecule has 4 nitrogen and oxygen atoms in total. The fourth-order valence-electron chi connectivity index (χ4n) is 4.27. The average Bonchev–Trinajstić information content (AvgIpc) is 3.18. The van der Waals surface area contributed by atoms with E-state index in [1.807, 2.05) is 48.5 Å². The third-order valence-corrected chi connectivity index (χ3v) is 5.92. The van der Waals surface area contributed by atoms with Crippen LogP contribution in [0, 0.1) is 6.92 Å². The highest BCUT2D eigenvalue weighted by atomic mass is 15.2. The first kappa shape index (κ1) is 20.7. The van der Waals surface area contributed by atoms with E-state index in [9.17, 15) is 0 Å². The number of para-hydroxylation sites is 1. The highest BCUT2D eigenvalue weighted by molar-refractivity contribution is 6.08. The van der Waals surface area contributed by atoms with Crippen LogP contribution in [0.3, 0.4) is 0 Å². The maximum absolute atomic E-state index is 5.06. The van der Waals surface area contributed by atoms with E-state index in [0.29, 0.717) is 6.67 Å². The Morgan fingerprint density at radius 1 is 0.818 bits per heavy atom. The Balaban J connectivity index is 1.59. The number of rotatable bonds is 6. The molecule has 33 heavy (non-hydrogen) atoms. The molecule has 4 aromatic carbocycles. The molecular weight excluding hydrogens is 404 g/mol. The number of nitrogens with zero attached hydrogens (tertiary/aromatic N) is 3. The smallest absolute Gasteiger partial charge is 0.145 e. The minimum absolute atomic E-state index is 0.287. The SMILES string of the molecule is C=NC(N/C(=N\Cn1c2ccccc2c2ccc(C)cc21)c1ccccc1)c1ccccc1. The zero-order valence-electron chi connectivity index (χ0n) is 18.6. The van der Waals surface area contributed by atoms with Gasteiger partial charge in [-0.2, -0.15) is 0 Å². The molecule has 0 aliphatic rings. The van der Waals surface area contributed by atoms with Gasteiger partial charge in [0.2, 0.25) is 0 Å². The first-order chi connectivity index (χ1) is 16.2. The van der Waals surface area contributed by atoms with Gasteiger partial charge in [0.25, 0.3) is 0 Å². The van der Waals surface area contributed by atoms with Gasteiger partial charge in [-0.15, -0.1) is 0 Å². The van der Waals surface area contributed by atoms with Crippen LogP contribution in [0.1, 0.15) is 22.9 Å². The van der Waals surface area contributed by atoms with Gasteiger partial charge in [-0.25, -0.2) is 4.99 Å². The number of hydrogen-bond donors (Lipinski definition) is 1. The second-order valence-electron chi connectivity index (χ2n) is 8.12. The molecule has 0 amide bonds. The van der Waals surface area contributed by atoms with E-state index in [2.05, 4.69) is 83.1 Å². The average molecular weight is 431 g/mol. The molecule has 1 unspecified atom stereocenters. The topological polar surface area (TPSA) is 41.7 Å². The zero-order valence-corrected chi connectivity index (χ0v) is 18.6. The van der Waals surface area contributed by atoms with Gasteiger partial charge in [-0.1, -0.05) is 91.0 Å². The molecule has 0 fully saturated rings. The third kappa shape index (κ3) is 4.15. The lowest BCUT2D eigenvalue weighted by Gasteiger charge is -2.18. The number of aliphatic imine (C=N–C) groups is 2. The molecule has 0 spiro atoms. The second-order valence-corrected chi connectivity index (χ2v) is 8.12. The number of aryl methyl sites for hydroxylation is 1. The Labute approximate surface area is 193 Å². The molecule has 1 N–H and O–H groups in total. The summed E-state index contributed by atoms with van der Waals surface area (Å²) in [5.74, 6) is 0.787. The van der Waals surface area contributed by atoms with Crippen molar-refractivity contribution in [2.45, 2.75) is 19.8 Å². The minimum atomic E-state index is -0.287. The van der Waals surface area contributed by atoms with Gasteiger partial charge in [0, 0.05) is 16.3 Å². The van der Waals surface area contributed by atoms with Crippen LogP contribution in [0.4, 0.5) is 0 Å². The molecule has 5 aromatic rings.